The number of benzene rings is 3. The summed E-state index contributed by atoms with van der Waals surface area (Å²) in [4.78, 5) is 2.30. The van der Waals surface area contributed by atoms with Crippen LogP contribution in [0.25, 0.3) is 0 Å². The number of anilines is 2. The van der Waals surface area contributed by atoms with Crippen LogP contribution in [0.2, 0.25) is 0 Å². The third-order valence-electron chi connectivity index (χ3n) is 6.17. The van der Waals surface area contributed by atoms with Gasteiger partial charge in [0.05, 0.1) is 17.0 Å². The van der Waals surface area contributed by atoms with Crippen molar-refractivity contribution >= 4 is 21.3 Å². The van der Waals surface area contributed by atoms with E-state index in [-0.39, 0.29) is 10.9 Å². The van der Waals surface area contributed by atoms with Crippen LogP contribution in [0.4, 0.5) is 24.5 Å². The SMILES string of the molecule is CN=S(=O)(NC1CCCC(N(c2ccccc2)c2ccccc2)C1O)c1ccc(OC(F)(F)F)cc1. The van der Waals surface area contributed by atoms with Crippen LogP contribution in [-0.2, 0) is 9.92 Å². The molecule has 4 unspecified atom stereocenters. The number of alkyl halides is 3. The van der Waals surface area contributed by atoms with E-state index in [1.807, 2.05) is 60.7 Å². The lowest BCUT2D eigenvalue weighted by Crippen LogP contribution is -2.55. The predicted octanol–water partition coefficient (Wildman–Crippen LogP) is 5.67. The molecule has 36 heavy (non-hydrogen) atoms. The third kappa shape index (κ3) is 6.00. The van der Waals surface area contributed by atoms with Crippen molar-refractivity contribution in [3.05, 3.63) is 84.9 Å². The molecule has 10 heteroatoms. The Labute approximate surface area is 209 Å². The topological polar surface area (TPSA) is 74.2 Å². The van der Waals surface area contributed by atoms with Gasteiger partial charge in [0.25, 0.3) is 0 Å². The van der Waals surface area contributed by atoms with Crippen molar-refractivity contribution in [2.75, 3.05) is 11.9 Å². The van der Waals surface area contributed by atoms with Gasteiger partial charge in [-0.25, -0.2) is 13.3 Å². The van der Waals surface area contributed by atoms with Crippen molar-refractivity contribution in [3.8, 4) is 5.75 Å². The number of rotatable bonds is 7. The molecule has 4 rings (SSSR count). The van der Waals surface area contributed by atoms with Gasteiger partial charge >= 0.3 is 6.36 Å². The zero-order chi connectivity index (χ0) is 25.8. The lowest BCUT2D eigenvalue weighted by atomic mass is 9.87. The Bertz CT molecular complexity index is 1210. The van der Waals surface area contributed by atoms with E-state index < -0.39 is 34.2 Å². The molecule has 2 N–H and O–H groups in total. The quantitative estimate of drug-likeness (QED) is 0.422. The average molecular weight is 520 g/mol. The van der Waals surface area contributed by atoms with Crippen LogP contribution in [0.1, 0.15) is 19.3 Å². The number of nitrogens with zero attached hydrogens (tertiary/aromatic N) is 2. The fourth-order valence-corrected chi connectivity index (χ4v) is 6.16. The standard InChI is InChI=1S/C26H28F3N3O3S/c1-30-36(34,22-17-15-21(16-18-22)35-26(27,28)29)31-23-13-8-14-24(25(23)33)32(19-9-4-2-5-10-19)20-11-6-3-7-12-20/h2-7,9-12,15-18,23-25,33H,8,13-14H2,1H3,(H,30,31,34). The van der Waals surface area contributed by atoms with E-state index in [9.17, 15) is 22.5 Å². The number of para-hydroxylation sites is 2. The Kier molecular flexibility index (Phi) is 7.87. The van der Waals surface area contributed by atoms with Crippen LogP contribution in [-0.4, -0.2) is 40.9 Å². The largest absolute Gasteiger partial charge is 0.573 e. The molecule has 1 saturated carbocycles. The van der Waals surface area contributed by atoms with E-state index in [0.717, 1.165) is 36.3 Å². The number of hydrogen-bond donors (Lipinski definition) is 2. The molecule has 0 radical (unpaired) electrons. The summed E-state index contributed by atoms with van der Waals surface area (Å²) in [5.41, 5.74) is 1.85. The van der Waals surface area contributed by atoms with Gasteiger partial charge in [0.15, 0.2) is 0 Å². The van der Waals surface area contributed by atoms with Crippen molar-refractivity contribution in [1.29, 1.82) is 0 Å². The number of halogens is 3. The number of aliphatic hydroxyl groups excluding tert-OH is 1. The molecule has 192 valence electrons. The summed E-state index contributed by atoms with van der Waals surface area (Å²) in [5, 5.41) is 11.5. The maximum Gasteiger partial charge on any atom is 0.573 e. The lowest BCUT2D eigenvalue weighted by molar-refractivity contribution is -0.274. The van der Waals surface area contributed by atoms with Crippen LogP contribution in [0.3, 0.4) is 0 Å². The minimum atomic E-state index is -4.82. The summed E-state index contributed by atoms with van der Waals surface area (Å²) in [7, 11) is -1.84. The van der Waals surface area contributed by atoms with Gasteiger partial charge in [0.1, 0.15) is 15.7 Å². The van der Waals surface area contributed by atoms with Gasteiger partial charge < -0.3 is 14.7 Å². The second kappa shape index (κ2) is 10.9. The van der Waals surface area contributed by atoms with Crippen molar-refractivity contribution in [2.45, 2.75) is 48.7 Å². The Morgan fingerprint density at radius 2 is 1.50 bits per heavy atom. The summed E-state index contributed by atoms with van der Waals surface area (Å²) < 4.78 is 62.2. The maximum absolute atomic E-state index is 13.7. The fourth-order valence-electron chi connectivity index (χ4n) is 4.53. The second-order valence-electron chi connectivity index (χ2n) is 8.48. The molecule has 0 saturated heterocycles. The molecular weight excluding hydrogens is 491 g/mol. The minimum absolute atomic E-state index is 0.205. The number of hydrogen-bond acceptors (Lipinski definition) is 5. The highest BCUT2D eigenvalue weighted by atomic mass is 32.2. The van der Waals surface area contributed by atoms with Crippen molar-refractivity contribution in [3.63, 3.8) is 0 Å². The molecule has 0 heterocycles. The third-order valence-corrected chi connectivity index (χ3v) is 8.21. The summed E-state index contributed by atoms with van der Waals surface area (Å²) in [6, 6.07) is 23.4. The molecule has 0 aliphatic heterocycles. The van der Waals surface area contributed by atoms with Gasteiger partial charge in [-0.3, -0.25) is 0 Å². The highest BCUT2D eigenvalue weighted by Gasteiger charge is 2.38. The molecule has 1 aliphatic carbocycles. The van der Waals surface area contributed by atoms with Gasteiger partial charge in [0, 0.05) is 24.5 Å². The molecule has 1 aliphatic rings. The van der Waals surface area contributed by atoms with Gasteiger partial charge in [0.2, 0.25) is 0 Å². The van der Waals surface area contributed by atoms with Crippen molar-refractivity contribution in [2.24, 2.45) is 4.36 Å². The number of nitrogens with one attached hydrogen (secondary N) is 1. The molecule has 3 aromatic carbocycles. The molecule has 3 aromatic rings. The van der Waals surface area contributed by atoms with Gasteiger partial charge in [-0.15, -0.1) is 13.2 Å². The van der Waals surface area contributed by atoms with Crippen LogP contribution < -0.4 is 14.4 Å². The Balaban J connectivity index is 1.59. The highest BCUT2D eigenvalue weighted by molar-refractivity contribution is 7.91. The predicted molar refractivity (Wildman–Crippen MR) is 133 cm³/mol. The van der Waals surface area contributed by atoms with E-state index in [4.69, 9.17) is 0 Å². The average Bonchev–Trinajstić information content (AvgIpc) is 2.87. The molecule has 0 spiro atoms. The van der Waals surface area contributed by atoms with E-state index in [1.54, 1.807) is 0 Å². The molecule has 0 amide bonds. The Hall–Kier alpha value is -3.08. The molecule has 0 bridgehead atoms. The molecule has 0 aromatic heterocycles. The van der Waals surface area contributed by atoms with Crippen LogP contribution in [0.15, 0.2) is 94.2 Å². The number of ether oxygens (including phenoxy) is 1. The first-order valence-corrected chi connectivity index (χ1v) is 13.1. The summed E-state index contributed by atoms with van der Waals surface area (Å²) in [5.74, 6) is -0.414. The van der Waals surface area contributed by atoms with E-state index in [1.165, 1.54) is 19.2 Å². The minimum Gasteiger partial charge on any atom is -0.406 e. The van der Waals surface area contributed by atoms with E-state index >= 15 is 0 Å². The Morgan fingerprint density at radius 1 is 0.944 bits per heavy atom. The molecule has 6 nitrogen and oxygen atoms in total. The normalized spacial score (nSPS) is 21.9. The summed E-state index contributed by atoms with van der Waals surface area (Å²) in [6.07, 6.45) is -3.66. The molecule has 4 atom stereocenters. The number of aliphatic hydroxyl groups is 1. The molecular formula is C26H28F3N3O3S. The van der Waals surface area contributed by atoms with E-state index in [2.05, 4.69) is 18.7 Å². The highest BCUT2D eigenvalue weighted by Crippen LogP contribution is 2.35. The Morgan fingerprint density at radius 3 is 2.00 bits per heavy atom. The monoisotopic (exact) mass is 519 g/mol. The maximum atomic E-state index is 13.7. The smallest absolute Gasteiger partial charge is 0.406 e. The van der Waals surface area contributed by atoms with Crippen molar-refractivity contribution < 1.29 is 27.2 Å². The molecule has 1 fully saturated rings. The van der Waals surface area contributed by atoms with Crippen LogP contribution in [0.5, 0.6) is 5.75 Å². The first kappa shape index (κ1) is 26.0. The fraction of sp³-hybridized carbons (Fsp3) is 0.308. The van der Waals surface area contributed by atoms with Gasteiger partial charge in [-0.1, -0.05) is 36.4 Å². The zero-order valence-electron chi connectivity index (χ0n) is 19.6. The second-order valence-corrected chi connectivity index (χ2v) is 10.6. The van der Waals surface area contributed by atoms with Crippen LogP contribution >= 0.6 is 0 Å². The zero-order valence-corrected chi connectivity index (χ0v) is 20.5. The van der Waals surface area contributed by atoms with Crippen molar-refractivity contribution in [1.82, 2.24) is 4.72 Å². The van der Waals surface area contributed by atoms with Crippen LogP contribution in [0, 0.1) is 0 Å². The van der Waals surface area contributed by atoms with Gasteiger partial charge in [-0.05, 0) is 67.8 Å². The summed E-state index contributed by atoms with van der Waals surface area (Å²) >= 11 is 0. The first-order chi connectivity index (χ1) is 17.2. The van der Waals surface area contributed by atoms with Gasteiger partial charge in [-0.2, -0.15) is 0 Å². The van der Waals surface area contributed by atoms with E-state index in [0.29, 0.717) is 6.42 Å². The lowest BCUT2D eigenvalue weighted by Gasteiger charge is -2.43. The first-order valence-electron chi connectivity index (χ1n) is 11.6. The summed E-state index contributed by atoms with van der Waals surface area (Å²) in [6.45, 7) is 0.